The lowest BCUT2D eigenvalue weighted by atomic mass is 9.78. The molecule has 2 aliphatic rings. The number of sulfonamides is 1. The fourth-order valence-electron chi connectivity index (χ4n) is 3.51. The molecule has 3 nitrogen and oxygen atoms in total. The van der Waals surface area contributed by atoms with Gasteiger partial charge in [-0.15, -0.1) is 11.3 Å². The van der Waals surface area contributed by atoms with Gasteiger partial charge in [-0.3, -0.25) is 0 Å². The summed E-state index contributed by atoms with van der Waals surface area (Å²) in [4.78, 5) is 0. The lowest BCUT2D eigenvalue weighted by molar-refractivity contribution is 0.160. The molecular formula is C14H20BrNO2S2. The van der Waals surface area contributed by atoms with E-state index in [9.17, 15) is 8.42 Å². The Morgan fingerprint density at radius 1 is 1.20 bits per heavy atom. The number of thiophene rings is 1. The summed E-state index contributed by atoms with van der Waals surface area (Å²) >= 11 is 4.74. The van der Waals surface area contributed by atoms with Gasteiger partial charge in [0, 0.05) is 13.1 Å². The van der Waals surface area contributed by atoms with E-state index < -0.39 is 10.0 Å². The van der Waals surface area contributed by atoms with Crippen molar-refractivity contribution in [3.05, 3.63) is 15.4 Å². The van der Waals surface area contributed by atoms with E-state index >= 15 is 0 Å². The van der Waals surface area contributed by atoms with Crippen LogP contribution >= 0.6 is 27.3 Å². The first-order chi connectivity index (χ1) is 9.43. The van der Waals surface area contributed by atoms with Crippen molar-refractivity contribution in [2.24, 2.45) is 5.41 Å². The van der Waals surface area contributed by atoms with E-state index in [1.54, 1.807) is 10.4 Å². The van der Waals surface area contributed by atoms with Gasteiger partial charge < -0.3 is 0 Å². The lowest BCUT2D eigenvalue weighted by Crippen LogP contribution is -2.41. The number of halogens is 1. The van der Waals surface area contributed by atoms with E-state index in [0.717, 1.165) is 22.2 Å². The summed E-state index contributed by atoms with van der Waals surface area (Å²) in [5, 5.41) is 0. The Bertz CT molecular complexity index is 573. The topological polar surface area (TPSA) is 37.4 Å². The summed E-state index contributed by atoms with van der Waals surface area (Å²) in [6, 6.07) is 1.78. The van der Waals surface area contributed by atoms with Crippen LogP contribution in [0.3, 0.4) is 0 Å². The predicted octanol–water partition coefficient (Wildman–Crippen LogP) is 4.16. The van der Waals surface area contributed by atoms with Crippen molar-refractivity contribution in [3.8, 4) is 0 Å². The number of nitrogens with zero attached hydrogens (tertiary/aromatic N) is 1. The number of hydrogen-bond acceptors (Lipinski definition) is 3. The first-order valence-electron chi connectivity index (χ1n) is 7.19. The largest absolute Gasteiger partial charge is 0.252 e. The normalized spacial score (nSPS) is 23.5. The summed E-state index contributed by atoms with van der Waals surface area (Å²) in [5.74, 6) is 0. The van der Waals surface area contributed by atoms with Gasteiger partial charge in [0.05, 0.1) is 3.79 Å². The molecule has 112 valence electrons. The minimum absolute atomic E-state index is 0.456. The van der Waals surface area contributed by atoms with Gasteiger partial charge in [0.25, 0.3) is 10.0 Å². The van der Waals surface area contributed by atoms with Crippen molar-refractivity contribution in [3.63, 3.8) is 0 Å². The molecule has 1 aromatic heterocycles. The van der Waals surface area contributed by atoms with Crippen molar-refractivity contribution in [2.45, 2.75) is 49.7 Å². The molecule has 1 spiro atoms. The molecule has 2 heterocycles. The van der Waals surface area contributed by atoms with Crippen LogP contribution in [0, 0.1) is 12.3 Å². The van der Waals surface area contributed by atoms with E-state index in [-0.39, 0.29) is 0 Å². The summed E-state index contributed by atoms with van der Waals surface area (Å²) in [7, 11) is -3.29. The van der Waals surface area contributed by atoms with Crippen molar-refractivity contribution >= 4 is 37.3 Å². The molecular weight excluding hydrogens is 358 g/mol. The molecule has 1 aliphatic carbocycles. The third-order valence-corrected chi connectivity index (χ3v) is 9.36. The Balaban J connectivity index is 1.76. The fourth-order valence-corrected chi connectivity index (χ4v) is 7.33. The molecule has 1 saturated carbocycles. The third kappa shape index (κ3) is 2.60. The summed E-state index contributed by atoms with van der Waals surface area (Å²) in [6.45, 7) is 3.32. The summed E-state index contributed by atoms with van der Waals surface area (Å²) in [6.07, 6.45) is 7.32. The Morgan fingerprint density at radius 3 is 2.30 bits per heavy atom. The van der Waals surface area contributed by atoms with Crippen molar-refractivity contribution in [1.82, 2.24) is 4.31 Å². The molecule has 20 heavy (non-hydrogen) atoms. The van der Waals surface area contributed by atoms with Crippen LogP contribution in [0.15, 0.2) is 14.1 Å². The van der Waals surface area contributed by atoms with Gasteiger partial charge in [-0.1, -0.05) is 12.8 Å². The molecule has 3 rings (SSSR count). The average molecular weight is 378 g/mol. The van der Waals surface area contributed by atoms with E-state index in [4.69, 9.17) is 0 Å². The monoisotopic (exact) mass is 377 g/mol. The fraction of sp³-hybridized carbons (Fsp3) is 0.714. The molecule has 6 heteroatoms. The third-order valence-electron chi connectivity index (χ3n) is 4.88. The quantitative estimate of drug-likeness (QED) is 0.775. The SMILES string of the molecule is Cc1cc(S(=O)(=O)N2CCC3(CCCC3)CC2)sc1Br. The van der Waals surface area contributed by atoms with Crippen LogP contribution in [0.5, 0.6) is 0 Å². The maximum Gasteiger partial charge on any atom is 0.252 e. The standard InChI is InChI=1S/C14H20BrNO2S2/c1-11-10-12(19-13(11)15)20(17,18)16-8-6-14(7-9-16)4-2-3-5-14/h10H,2-9H2,1H3. The highest BCUT2D eigenvalue weighted by Crippen LogP contribution is 2.47. The van der Waals surface area contributed by atoms with Crippen LogP contribution in [-0.4, -0.2) is 25.8 Å². The second-order valence-electron chi connectivity index (χ2n) is 6.13. The van der Waals surface area contributed by atoms with Crippen LogP contribution in [-0.2, 0) is 10.0 Å². The second-order valence-corrected chi connectivity index (χ2v) is 10.7. The van der Waals surface area contributed by atoms with E-state index in [0.29, 0.717) is 22.7 Å². The highest BCUT2D eigenvalue weighted by molar-refractivity contribution is 9.11. The zero-order valence-electron chi connectivity index (χ0n) is 11.7. The molecule has 0 unspecified atom stereocenters. The predicted molar refractivity (Wildman–Crippen MR) is 85.6 cm³/mol. The van der Waals surface area contributed by atoms with Gasteiger partial charge in [0.1, 0.15) is 4.21 Å². The lowest BCUT2D eigenvalue weighted by Gasteiger charge is -2.38. The van der Waals surface area contributed by atoms with Gasteiger partial charge in [-0.2, -0.15) is 4.31 Å². The molecule has 1 aromatic rings. The van der Waals surface area contributed by atoms with Crippen LogP contribution in [0.4, 0.5) is 0 Å². The Morgan fingerprint density at radius 2 is 1.80 bits per heavy atom. The van der Waals surface area contributed by atoms with Crippen molar-refractivity contribution in [1.29, 1.82) is 0 Å². The molecule has 0 aromatic carbocycles. The second kappa shape index (κ2) is 5.38. The number of aryl methyl sites for hydroxylation is 1. The van der Waals surface area contributed by atoms with Crippen LogP contribution < -0.4 is 0 Å². The van der Waals surface area contributed by atoms with Gasteiger partial charge in [-0.05, 0) is 65.6 Å². The van der Waals surface area contributed by atoms with Crippen molar-refractivity contribution in [2.75, 3.05) is 13.1 Å². The highest BCUT2D eigenvalue weighted by atomic mass is 79.9. The van der Waals surface area contributed by atoms with Gasteiger partial charge >= 0.3 is 0 Å². The molecule has 2 fully saturated rings. The summed E-state index contributed by atoms with van der Waals surface area (Å²) < 4.78 is 28.4. The first kappa shape index (κ1) is 15.0. The molecule has 0 amide bonds. The molecule has 1 saturated heterocycles. The highest BCUT2D eigenvalue weighted by Gasteiger charge is 2.40. The van der Waals surface area contributed by atoms with Gasteiger partial charge in [0.2, 0.25) is 0 Å². The van der Waals surface area contributed by atoms with Gasteiger partial charge in [0.15, 0.2) is 0 Å². The van der Waals surface area contributed by atoms with Crippen molar-refractivity contribution < 1.29 is 8.42 Å². The zero-order valence-corrected chi connectivity index (χ0v) is 14.9. The molecule has 0 N–H and O–H groups in total. The van der Waals surface area contributed by atoms with Crippen LogP contribution in [0.2, 0.25) is 0 Å². The maximum atomic E-state index is 12.7. The molecule has 0 atom stereocenters. The molecule has 1 aliphatic heterocycles. The molecule has 0 bridgehead atoms. The minimum Gasteiger partial charge on any atom is -0.206 e. The first-order valence-corrected chi connectivity index (χ1v) is 10.2. The maximum absolute atomic E-state index is 12.7. The average Bonchev–Trinajstić information content (AvgIpc) is 2.99. The van der Waals surface area contributed by atoms with Crippen LogP contribution in [0.1, 0.15) is 44.1 Å². The van der Waals surface area contributed by atoms with E-state index in [2.05, 4.69) is 15.9 Å². The van der Waals surface area contributed by atoms with Gasteiger partial charge in [-0.25, -0.2) is 8.42 Å². The number of hydrogen-bond donors (Lipinski definition) is 0. The molecule has 0 radical (unpaired) electrons. The number of rotatable bonds is 2. The zero-order chi connectivity index (χ0) is 14.4. The summed E-state index contributed by atoms with van der Waals surface area (Å²) in [5.41, 5.74) is 1.45. The van der Waals surface area contributed by atoms with E-state index in [1.165, 1.54) is 37.0 Å². The smallest absolute Gasteiger partial charge is 0.206 e. The minimum atomic E-state index is -3.29. The Hall–Kier alpha value is 0.0900. The Kier molecular flexibility index (Phi) is 4.03. The van der Waals surface area contributed by atoms with E-state index in [1.807, 2.05) is 6.92 Å². The van der Waals surface area contributed by atoms with Crippen LogP contribution in [0.25, 0.3) is 0 Å². The Labute approximate surface area is 133 Å². The number of piperidine rings is 1.